The molecule has 2 aromatic heterocycles. The number of aliphatic carboxylic acids is 1. The van der Waals surface area contributed by atoms with Crippen LogP contribution in [0.15, 0.2) is 35.4 Å². The normalized spacial score (nSPS) is 17.8. The lowest BCUT2D eigenvalue weighted by Crippen LogP contribution is -2.58. The van der Waals surface area contributed by atoms with Gasteiger partial charge < -0.3 is 10.0 Å². The Morgan fingerprint density at radius 1 is 1.21 bits per heavy atom. The van der Waals surface area contributed by atoms with Crippen LogP contribution in [0.2, 0.25) is 0 Å². The van der Waals surface area contributed by atoms with Crippen molar-refractivity contribution in [3.63, 3.8) is 0 Å². The first kappa shape index (κ1) is 22.8. The zero-order chi connectivity index (χ0) is 24.0. The maximum Gasteiger partial charge on any atom is 0.416 e. The first-order valence-corrected chi connectivity index (χ1v) is 11.5. The Morgan fingerprint density at radius 2 is 1.91 bits per heavy atom. The Hall–Kier alpha value is -3.35. The van der Waals surface area contributed by atoms with E-state index in [0.717, 1.165) is 27.8 Å². The van der Waals surface area contributed by atoms with E-state index in [0.29, 0.717) is 22.0 Å². The third-order valence-electron chi connectivity index (χ3n) is 4.91. The van der Waals surface area contributed by atoms with Gasteiger partial charge in [-0.1, -0.05) is 11.3 Å². The summed E-state index contributed by atoms with van der Waals surface area (Å²) >= 11 is 1.16. The molecule has 0 bridgehead atoms. The quantitative estimate of drug-likeness (QED) is 0.571. The van der Waals surface area contributed by atoms with Gasteiger partial charge in [0.15, 0.2) is 10.8 Å². The molecular formula is C18H13F3N6O4S2. The molecule has 0 aliphatic carbocycles. The largest absolute Gasteiger partial charge is 0.480 e. The molecule has 0 unspecified atom stereocenters. The summed E-state index contributed by atoms with van der Waals surface area (Å²) in [4.78, 5) is 25.2. The number of hydrogen-bond acceptors (Lipinski definition) is 9. The predicted molar refractivity (Wildman–Crippen MR) is 109 cm³/mol. The van der Waals surface area contributed by atoms with E-state index in [9.17, 15) is 31.5 Å². The number of carboxylic acids is 1. The smallest absolute Gasteiger partial charge is 0.416 e. The number of alkyl halides is 3. The number of nitrogens with zero attached hydrogens (tertiary/aromatic N) is 6. The lowest BCUT2D eigenvalue weighted by atomic mass is 10.2. The van der Waals surface area contributed by atoms with Gasteiger partial charge in [-0.3, -0.25) is 4.79 Å². The van der Waals surface area contributed by atoms with Crippen molar-refractivity contribution in [3.05, 3.63) is 41.9 Å². The number of benzene rings is 1. The molecule has 0 amide bonds. The summed E-state index contributed by atoms with van der Waals surface area (Å²) in [6.45, 7) is -0.388. The van der Waals surface area contributed by atoms with Gasteiger partial charge in [-0.05, 0) is 24.3 Å². The molecule has 4 rings (SSSR count). The van der Waals surface area contributed by atoms with Crippen molar-refractivity contribution in [1.29, 1.82) is 5.26 Å². The number of piperazine rings is 1. The number of nitriles is 1. The lowest BCUT2D eigenvalue weighted by molar-refractivity contribution is -0.141. The Balaban J connectivity index is 1.61. The molecule has 1 aromatic carbocycles. The molecule has 10 nitrogen and oxygen atoms in total. The number of anilines is 1. The van der Waals surface area contributed by atoms with Crippen LogP contribution >= 0.6 is 11.3 Å². The van der Waals surface area contributed by atoms with Crippen molar-refractivity contribution in [3.8, 4) is 6.07 Å². The number of sulfonamides is 1. The van der Waals surface area contributed by atoms with Gasteiger partial charge in [-0.2, -0.15) is 32.7 Å². The van der Waals surface area contributed by atoms with Crippen molar-refractivity contribution >= 4 is 42.8 Å². The number of hydrogen-bond donors (Lipinski definition) is 1. The second-order valence-electron chi connectivity index (χ2n) is 6.93. The van der Waals surface area contributed by atoms with Gasteiger partial charge in [0.1, 0.15) is 12.1 Å². The van der Waals surface area contributed by atoms with Gasteiger partial charge in [0.2, 0.25) is 15.8 Å². The monoisotopic (exact) mass is 498 g/mol. The van der Waals surface area contributed by atoms with Crippen LogP contribution < -0.4 is 4.90 Å². The van der Waals surface area contributed by atoms with Gasteiger partial charge >= 0.3 is 12.1 Å². The molecule has 0 spiro atoms. The van der Waals surface area contributed by atoms with E-state index in [1.165, 1.54) is 6.20 Å². The average Bonchev–Trinajstić information content (AvgIpc) is 3.21. The van der Waals surface area contributed by atoms with Crippen molar-refractivity contribution < 1.29 is 31.5 Å². The highest BCUT2D eigenvalue weighted by molar-refractivity contribution is 7.89. The molecule has 1 N–H and O–H groups in total. The van der Waals surface area contributed by atoms with Crippen LogP contribution in [0, 0.1) is 11.3 Å². The van der Waals surface area contributed by atoms with Gasteiger partial charge in [0.05, 0.1) is 21.4 Å². The summed E-state index contributed by atoms with van der Waals surface area (Å²) in [6, 6.07) is 3.18. The molecule has 1 aliphatic rings. The number of carbonyl (C=O) groups is 1. The predicted octanol–water partition coefficient (Wildman–Crippen LogP) is 1.94. The fourth-order valence-corrected chi connectivity index (χ4v) is 5.77. The fourth-order valence-electron chi connectivity index (χ4n) is 3.29. The number of aromatic nitrogens is 3. The van der Waals surface area contributed by atoms with Crippen molar-refractivity contribution in [2.75, 3.05) is 24.5 Å². The van der Waals surface area contributed by atoms with Crippen molar-refractivity contribution in [2.45, 2.75) is 17.1 Å². The topological polar surface area (TPSA) is 140 Å². The molecule has 1 fully saturated rings. The van der Waals surface area contributed by atoms with Crippen LogP contribution in [0.3, 0.4) is 0 Å². The number of halogens is 3. The molecular weight excluding hydrogens is 485 g/mol. The van der Waals surface area contributed by atoms with Gasteiger partial charge in [0, 0.05) is 19.6 Å². The number of carboxylic acid groups (broad SMARTS) is 1. The maximum absolute atomic E-state index is 13.0. The lowest BCUT2D eigenvalue weighted by Gasteiger charge is -2.38. The van der Waals surface area contributed by atoms with Crippen LogP contribution in [-0.2, 0) is 21.0 Å². The van der Waals surface area contributed by atoms with Gasteiger partial charge in [-0.15, -0.1) is 0 Å². The second-order valence-corrected chi connectivity index (χ2v) is 9.83. The van der Waals surface area contributed by atoms with Crippen LogP contribution in [0.4, 0.5) is 18.3 Å². The SMILES string of the molecule is N#Cc1ncc2sc(N3CCN(S(=O)(=O)c4ccc(C(F)(F)F)cc4)[C@@H](C(=O)O)C3)nc2n1. The standard InChI is InChI=1S/C18H13F3N6O4S2/c19-18(20,21)10-1-3-11(4-2-10)33(30,31)27-6-5-26(9-12(27)16(28)29)17-25-15-13(32-17)8-23-14(7-22)24-15/h1-4,8,12H,5-6,9H2,(H,28,29)/t12-/m1/s1. The minimum absolute atomic E-state index is 0.0739. The molecule has 1 aliphatic heterocycles. The van der Waals surface area contributed by atoms with E-state index in [1.807, 2.05) is 0 Å². The maximum atomic E-state index is 13.0. The van der Waals surface area contributed by atoms with Crippen molar-refractivity contribution in [1.82, 2.24) is 19.3 Å². The zero-order valence-electron chi connectivity index (χ0n) is 16.4. The Morgan fingerprint density at radius 3 is 2.52 bits per heavy atom. The minimum Gasteiger partial charge on any atom is -0.480 e. The average molecular weight is 498 g/mol. The van der Waals surface area contributed by atoms with Crippen LogP contribution in [0.25, 0.3) is 10.3 Å². The van der Waals surface area contributed by atoms with Crippen LogP contribution in [-0.4, -0.2) is 64.4 Å². The van der Waals surface area contributed by atoms with Crippen LogP contribution in [0.5, 0.6) is 0 Å². The minimum atomic E-state index is -4.63. The molecule has 172 valence electrons. The van der Waals surface area contributed by atoms with Gasteiger partial charge in [0.25, 0.3) is 0 Å². The number of rotatable bonds is 4. The summed E-state index contributed by atoms with van der Waals surface area (Å²) in [6.07, 6.45) is -3.21. The molecule has 0 saturated carbocycles. The highest BCUT2D eigenvalue weighted by atomic mass is 32.2. The summed E-state index contributed by atoms with van der Waals surface area (Å²) < 4.78 is 65.7. The molecule has 33 heavy (non-hydrogen) atoms. The van der Waals surface area contributed by atoms with E-state index in [4.69, 9.17) is 5.26 Å². The highest BCUT2D eigenvalue weighted by Crippen LogP contribution is 2.32. The molecule has 1 atom stereocenters. The summed E-state index contributed by atoms with van der Waals surface area (Å²) in [7, 11) is -4.37. The van der Waals surface area contributed by atoms with E-state index in [1.54, 1.807) is 11.0 Å². The Kier molecular flexibility index (Phi) is 5.68. The Bertz CT molecular complexity index is 1370. The number of thiazole rings is 1. The third kappa shape index (κ3) is 4.32. The number of fused-ring (bicyclic) bond motifs is 1. The zero-order valence-corrected chi connectivity index (χ0v) is 18.0. The third-order valence-corrected chi connectivity index (χ3v) is 7.88. The van der Waals surface area contributed by atoms with Crippen LogP contribution in [0.1, 0.15) is 11.4 Å². The summed E-state index contributed by atoms with van der Waals surface area (Å²) in [5, 5.41) is 19.0. The molecule has 15 heteroatoms. The second kappa shape index (κ2) is 8.21. The molecule has 3 aromatic rings. The first-order valence-electron chi connectivity index (χ1n) is 9.21. The molecule has 0 radical (unpaired) electrons. The van der Waals surface area contributed by atoms with E-state index >= 15 is 0 Å². The summed E-state index contributed by atoms with van der Waals surface area (Å²) in [5.74, 6) is -1.49. The van der Waals surface area contributed by atoms with Gasteiger partial charge in [-0.25, -0.2) is 13.4 Å². The van der Waals surface area contributed by atoms with E-state index in [2.05, 4.69) is 15.0 Å². The molecule has 3 heterocycles. The molecule has 1 saturated heterocycles. The Labute approximate surface area is 188 Å². The first-order chi connectivity index (χ1) is 15.5. The van der Waals surface area contributed by atoms with E-state index in [-0.39, 0.29) is 31.1 Å². The summed E-state index contributed by atoms with van der Waals surface area (Å²) in [5.41, 5.74) is -0.757. The van der Waals surface area contributed by atoms with Crippen molar-refractivity contribution in [2.24, 2.45) is 0 Å². The van der Waals surface area contributed by atoms with E-state index < -0.39 is 38.7 Å². The highest BCUT2D eigenvalue weighted by Gasteiger charge is 2.41. The fraction of sp³-hybridized carbons (Fsp3) is 0.278.